The average molecular weight is 283 g/mol. The zero-order valence-electron chi connectivity index (χ0n) is 12.1. The van der Waals surface area contributed by atoms with Crippen molar-refractivity contribution in [1.82, 2.24) is 0 Å². The molecule has 1 N–H and O–H groups in total. The molecule has 0 aromatic heterocycles. The summed E-state index contributed by atoms with van der Waals surface area (Å²) in [6, 6.07) is 14.5. The highest BCUT2D eigenvalue weighted by molar-refractivity contribution is 5.95. The van der Waals surface area contributed by atoms with Gasteiger partial charge in [0.1, 0.15) is 0 Å². The first-order valence-corrected chi connectivity index (χ1v) is 6.62. The standard InChI is InChI=1S/C17H17NO3/c1-12-5-3-6-13(9-12)10-16(19)18-15-8-4-7-14(11-15)17(20)21-2/h3-9,11H,10H2,1-2H3,(H,18,19). The van der Waals surface area contributed by atoms with E-state index in [9.17, 15) is 9.59 Å². The Labute approximate surface area is 123 Å². The molecule has 0 spiro atoms. The normalized spacial score (nSPS) is 10.0. The predicted molar refractivity (Wildman–Crippen MR) is 81.3 cm³/mol. The molecule has 0 unspecified atom stereocenters. The van der Waals surface area contributed by atoms with E-state index in [0.717, 1.165) is 11.1 Å². The van der Waals surface area contributed by atoms with Gasteiger partial charge in [-0.2, -0.15) is 0 Å². The van der Waals surface area contributed by atoms with Gasteiger partial charge in [0.15, 0.2) is 0 Å². The van der Waals surface area contributed by atoms with E-state index in [1.165, 1.54) is 7.11 Å². The van der Waals surface area contributed by atoms with Crippen molar-refractivity contribution in [2.24, 2.45) is 0 Å². The summed E-state index contributed by atoms with van der Waals surface area (Å²) < 4.78 is 4.65. The van der Waals surface area contributed by atoms with E-state index in [2.05, 4.69) is 10.1 Å². The highest BCUT2D eigenvalue weighted by atomic mass is 16.5. The minimum Gasteiger partial charge on any atom is -0.465 e. The highest BCUT2D eigenvalue weighted by Crippen LogP contribution is 2.12. The summed E-state index contributed by atoms with van der Waals surface area (Å²) in [4.78, 5) is 23.5. The molecular formula is C17H17NO3. The van der Waals surface area contributed by atoms with Gasteiger partial charge in [-0.1, -0.05) is 35.9 Å². The van der Waals surface area contributed by atoms with Gasteiger partial charge in [0.2, 0.25) is 5.91 Å². The van der Waals surface area contributed by atoms with E-state index >= 15 is 0 Å². The van der Waals surface area contributed by atoms with Crippen LogP contribution in [0.1, 0.15) is 21.5 Å². The van der Waals surface area contributed by atoms with E-state index in [4.69, 9.17) is 0 Å². The number of esters is 1. The molecule has 4 nitrogen and oxygen atoms in total. The molecule has 1 amide bonds. The van der Waals surface area contributed by atoms with Crippen LogP contribution in [0, 0.1) is 6.92 Å². The van der Waals surface area contributed by atoms with Crippen LogP contribution in [-0.2, 0) is 16.0 Å². The summed E-state index contributed by atoms with van der Waals surface area (Å²) in [5.41, 5.74) is 3.06. The quantitative estimate of drug-likeness (QED) is 0.878. The lowest BCUT2D eigenvalue weighted by atomic mass is 10.1. The highest BCUT2D eigenvalue weighted by Gasteiger charge is 2.08. The molecule has 4 heteroatoms. The number of amides is 1. The summed E-state index contributed by atoms with van der Waals surface area (Å²) in [6.07, 6.45) is 0.296. The maximum Gasteiger partial charge on any atom is 0.337 e. The minimum absolute atomic E-state index is 0.123. The fourth-order valence-electron chi connectivity index (χ4n) is 2.05. The van der Waals surface area contributed by atoms with Gasteiger partial charge in [0, 0.05) is 5.69 Å². The number of nitrogens with one attached hydrogen (secondary N) is 1. The molecule has 0 aliphatic heterocycles. The van der Waals surface area contributed by atoms with Gasteiger partial charge >= 0.3 is 5.97 Å². The van der Waals surface area contributed by atoms with Crippen LogP contribution in [0.25, 0.3) is 0 Å². The van der Waals surface area contributed by atoms with Crippen LogP contribution in [0.5, 0.6) is 0 Å². The van der Waals surface area contributed by atoms with Crippen molar-refractivity contribution < 1.29 is 14.3 Å². The largest absolute Gasteiger partial charge is 0.465 e. The van der Waals surface area contributed by atoms with E-state index in [0.29, 0.717) is 17.7 Å². The average Bonchev–Trinajstić information content (AvgIpc) is 2.46. The second kappa shape index (κ2) is 6.70. The Morgan fingerprint density at radius 3 is 2.57 bits per heavy atom. The van der Waals surface area contributed by atoms with Gasteiger partial charge in [0.25, 0.3) is 0 Å². The topological polar surface area (TPSA) is 55.4 Å². The lowest BCUT2D eigenvalue weighted by Crippen LogP contribution is -2.15. The molecule has 2 rings (SSSR count). The molecule has 21 heavy (non-hydrogen) atoms. The maximum atomic E-state index is 12.0. The number of hydrogen-bond acceptors (Lipinski definition) is 3. The lowest BCUT2D eigenvalue weighted by molar-refractivity contribution is -0.115. The fraction of sp³-hybridized carbons (Fsp3) is 0.176. The number of carbonyl (C=O) groups is 2. The Kier molecular flexibility index (Phi) is 4.72. The molecule has 2 aromatic carbocycles. The number of rotatable bonds is 4. The Morgan fingerprint density at radius 1 is 1.10 bits per heavy atom. The zero-order valence-corrected chi connectivity index (χ0v) is 12.1. The third-order valence-corrected chi connectivity index (χ3v) is 3.01. The van der Waals surface area contributed by atoms with E-state index in [1.807, 2.05) is 31.2 Å². The van der Waals surface area contributed by atoms with Gasteiger partial charge in [-0.15, -0.1) is 0 Å². The van der Waals surface area contributed by atoms with Crippen molar-refractivity contribution in [2.45, 2.75) is 13.3 Å². The predicted octanol–water partition coefficient (Wildman–Crippen LogP) is 2.96. The third kappa shape index (κ3) is 4.18. The second-order valence-electron chi connectivity index (χ2n) is 4.79. The Bertz CT molecular complexity index is 665. The molecule has 0 aliphatic rings. The third-order valence-electron chi connectivity index (χ3n) is 3.01. The van der Waals surface area contributed by atoms with Crippen molar-refractivity contribution in [1.29, 1.82) is 0 Å². The van der Waals surface area contributed by atoms with E-state index < -0.39 is 5.97 Å². The number of ether oxygens (including phenoxy) is 1. The molecule has 0 radical (unpaired) electrons. The van der Waals surface area contributed by atoms with Crippen molar-refractivity contribution in [3.63, 3.8) is 0 Å². The maximum absolute atomic E-state index is 12.0. The number of aryl methyl sites for hydroxylation is 1. The van der Waals surface area contributed by atoms with Gasteiger partial charge in [0.05, 0.1) is 19.1 Å². The number of hydrogen-bond donors (Lipinski definition) is 1. The van der Waals surface area contributed by atoms with Crippen LogP contribution in [0.15, 0.2) is 48.5 Å². The SMILES string of the molecule is COC(=O)c1cccc(NC(=O)Cc2cccc(C)c2)c1. The molecule has 0 saturated carbocycles. The summed E-state index contributed by atoms with van der Waals surface area (Å²) >= 11 is 0. The van der Waals surface area contributed by atoms with Gasteiger partial charge in [-0.3, -0.25) is 4.79 Å². The van der Waals surface area contributed by atoms with Crippen LogP contribution in [0.4, 0.5) is 5.69 Å². The lowest BCUT2D eigenvalue weighted by Gasteiger charge is -2.07. The number of anilines is 1. The monoisotopic (exact) mass is 283 g/mol. The van der Waals surface area contributed by atoms with Crippen molar-refractivity contribution in [2.75, 3.05) is 12.4 Å². The molecule has 0 heterocycles. The number of methoxy groups -OCH3 is 1. The molecule has 0 bridgehead atoms. The molecule has 2 aromatic rings. The van der Waals surface area contributed by atoms with E-state index in [-0.39, 0.29) is 5.91 Å². The van der Waals surface area contributed by atoms with Crippen LogP contribution in [0.2, 0.25) is 0 Å². The molecular weight excluding hydrogens is 266 g/mol. The first-order chi connectivity index (χ1) is 10.1. The number of benzene rings is 2. The van der Waals surface area contributed by atoms with Crippen LogP contribution < -0.4 is 5.32 Å². The first kappa shape index (κ1) is 14.8. The molecule has 108 valence electrons. The Balaban J connectivity index is 2.04. The van der Waals surface area contributed by atoms with Gasteiger partial charge in [-0.25, -0.2) is 4.79 Å². The summed E-state index contributed by atoms with van der Waals surface area (Å²) in [5, 5.41) is 2.78. The van der Waals surface area contributed by atoms with Crippen molar-refractivity contribution >= 4 is 17.6 Å². The molecule has 0 atom stereocenters. The molecule has 0 fully saturated rings. The summed E-state index contributed by atoms with van der Waals surface area (Å²) in [7, 11) is 1.32. The van der Waals surface area contributed by atoms with Crippen molar-refractivity contribution in [3.8, 4) is 0 Å². The molecule has 0 aliphatic carbocycles. The van der Waals surface area contributed by atoms with Gasteiger partial charge in [-0.05, 0) is 30.7 Å². The van der Waals surface area contributed by atoms with Crippen LogP contribution in [0.3, 0.4) is 0 Å². The second-order valence-corrected chi connectivity index (χ2v) is 4.79. The van der Waals surface area contributed by atoms with Crippen LogP contribution in [-0.4, -0.2) is 19.0 Å². The van der Waals surface area contributed by atoms with Crippen molar-refractivity contribution in [3.05, 3.63) is 65.2 Å². The van der Waals surface area contributed by atoms with E-state index in [1.54, 1.807) is 24.3 Å². The Hall–Kier alpha value is -2.62. The fourth-order valence-corrected chi connectivity index (χ4v) is 2.05. The minimum atomic E-state index is -0.426. The van der Waals surface area contributed by atoms with Crippen LogP contribution >= 0.6 is 0 Å². The zero-order chi connectivity index (χ0) is 15.2. The Morgan fingerprint density at radius 2 is 1.86 bits per heavy atom. The molecule has 0 saturated heterocycles. The summed E-state index contributed by atoms with van der Waals surface area (Å²) in [5.74, 6) is -0.549. The van der Waals surface area contributed by atoms with Gasteiger partial charge < -0.3 is 10.1 Å². The summed E-state index contributed by atoms with van der Waals surface area (Å²) in [6.45, 7) is 1.99. The smallest absolute Gasteiger partial charge is 0.337 e. The first-order valence-electron chi connectivity index (χ1n) is 6.62. The number of carbonyl (C=O) groups excluding carboxylic acids is 2.